The molecule has 1 aliphatic rings. The minimum atomic E-state index is -4.77. The van der Waals surface area contributed by atoms with Crippen LogP contribution < -0.4 is 0 Å². The molecule has 1 aromatic carbocycles. The lowest BCUT2D eigenvalue weighted by atomic mass is 10.00. The summed E-state index contributed by atoms with van der Waals surface area (Å²) < 4.78 is 36.8. The third-order valence-electron chi connectivity index (χ3n) is 2.65. The number of hydrogen-bond acceptors (Lipinski definition) is 1. The third kappa shape index (κ3) is 1.76. The van der Waals surface area contributed by atoms with Gasteiger partial charge in [-0.25, -0.2) is 0 Å². The van der Waals surface area contributed by atoms with Crippen molar-refractivity contribution in [3.63, 3.8) is 0 Å². The number of fused-ring (bicyclic) bond motifs is 1. The van der Waals surface area contributed by atoms with E-state index in [1.54, 1.807) is 6.07 Å². The van der Waals surface area contributed by atoms with Gasteiger partial charge >= 0.3 is 6.18 Å². The van der Waals surface area contributed by atoms with E-state index in [9.17, 15) is 18.0 Å². The van der Waals surface area contributed by atoms with Crippen molar-refractivity contribution in [3.8, 4) is 0 Å². The van der Waals surface area contributed by atoms with Crippen LogP contribution in [0.15, 0.2) is 18.2 Å². The minimum Gasteiger partial charge on any atom is -0.284 e. The van der Waals surface area contributed by atoms with Crippen LogP contribution in [0.5, 0.6) is 0 Å². The second-order valence-corrected chi connectivity index (χ2v) is 3.62. The number of ketones is 1. The van der Waals surface area contributed by atoms with Crippen LogP contribution in [0.1, 0.15) is 27.9 Å². The Balaban J connectivity index is 2.46. The van der Waals surface area contributed by atoms with Crippen molar-refractivity contribution in [1.29, 1.82) is 0 Å². The van der Waals surface area contributed by atoms with Gasteiger partial charge in [0.15, 0.2) is 0 Å². The largest absolute Gasteiger partial charge is 0.454 e. The van der Waals surface area contributed by atoms with Crippen LogP contribution in [-0.2, 0) is 12.8 Å². The molecule has 0 fully saturated rings. The van der Waals surface area contributed by atoms with Crippen LogP contribution >= 0.6 is 0 Å². The van der Waals surface area contributed by atoms with Gasteiger partial charge in [0.25, 0.3) is 5.78 Å². The molecule has 0 heterocycles. The van der Waals surface area contributed by atoms with E-state index in [2.05, 4.69) is 0 Å². The SMILES string of the molecule is O=C(c1cccc2c1CCC2)C(F)(F)F. The van der Waals surface area contributed by atoms with Gasteiger partial charge in [-0.1, -0.05) is 18.2 Å². The summed E-state index contributed by atoms with van der Waals surface area (Å²) in [5.41, 5.74) is 1.29. The van der Waals surface area contributed by atoms with Crippen molar-refractivity contribution >= 4 is 5.78 Å². The lowest BCUT2D eigenvalue weighted by Gasteiger charge is -2.09. The number of carbonyl (C=O) groups is 1. The maximum absolute atomic E-state index is 12.3. The van der Waals surface area contributed by atoms with Gasteiger partial charge in [0.2, 0.25) is 0 Å². The number of hydrogen-bond donors (Lipinski definition) is 0. The molecule has 0 aliphatic heterocycles. The number of rotatable bonds is 1. The first-order valence-electron chi connectivity index (χ1n) is 4.72. The average molecular weight is 214 g/mol. The Morgan fingerprint density at radius 1 is 1.20 bits per heavy atom. The highest BCUT2D eigenvalue weighted by Crippen LogP contribution is 2.29. The van der Waals surface area contributed by atoms with Crippen LogP contribution in [0.25, 0.3) is 0 Å². The van der Waals surface area contributed by atoms with Crippen molar-refractivity contribution in [2.45, 2.75) is 25.4 Å². The highest BCUT2D eigenvalue weighted by atomic mass is 19.4. The minimum absolute atomic E-state index is 0.169. The molecule has 4 heteroatoms. The predicted molar refractivity (Wildman–Crippen MR) is 48.9 cm³/mol. The molecular weight excluding hydrogens is 205 g/mol. The second-order valence-electron chi connectivity index (χ2n) is 3.62. The molecule has 1 aliphatic carbocycles. The van der Waals surface area contributed by atoms with Gasteiger partial charge in [-0.3, -0.25) is 4.79 Å². The number of alkyl halides is 3. The zero-order valence-corrected chi connectivity index (χ0v) is 7.90. The molecule has 0 radical (unpaired) electrons. The molecule has 0 aromatic heterocycles. The summed E-state index contributed by atoms with van der Waals surface area (Å²) >= 11 is 0. The van der Waals surface area contributed by atoms with E-state index in [1.807, 2.05) is 0 Å². The van der Waals surface area contributed by atoms with Gasteiger partial charge < -0.3 is 0 Å². The van der Waals surface area contributed by atoms with E-state index in [0.717, 1.165) is 18.4 Å². The highest BCUT2D eigenvalue weighted by Gasteiger charge is 2.40. The maximum Gasteiger partial charge on any atom is 0.454 e. The van der Waals surface area contributed by atoms with Gasteiger partial charge in [-0.15, -0.1) is 0 Å². The van der Waals surface area contributed by atoms with Crippen LogP contribution in [0, 0.1) is 0 Å². The zero-order valence-electron chi connectivity index (χ0n) is 7.90. The summed E-state index contributed by atoms with van der Waals surface area (Å²) in [5.74, 6) is -1.72. The first-order valence-corrected chi connectivity index (χ1v) is 4.72. The van der Waals surface area contributed by atoms with E-state index < -0.39 is 12.0 Å². The molecule has 0 saturated carbocycles. The number of benzene rings is 1. The fraction of sp³-hybridized carbons (Fsp3) is 0.364. The fourth-order valence-electron chi connectivity index (χ4n) is 1.99. The van der Waals surface area contributed by atoms with Crippen LogP contribution in [0.3, 0.4) is 0 Å². The van der Waals surface area contributed by atoms with Gasteiger partial charge in [0.1, 0.15) is 0 Å². The Morgan fingerprint density at radius 3 is 2.60 bits per heavy atom. The average Bonchev–Trinajstić information content (AvgIpc) is 2.62. The maximum atomic E-state index is 12.3. The van der Waals surface area contributed by atoms with E-state index in [0.29, 0.717) is 12.0 Å². The standard InChI is InChI=1S/C11H9F3O/c12-11(13,14)10(15)9-6-2-4-7-3-1-5-8(7)9/h2,4,6H,1,3,5H2. The summed E-state index contributed by atoms with van der Waals surface area (Å²) in [6.07, 6.45) is -2.59. The van der Waals surface area contributed by atoms with Gasteiger partial charge in [-0.05, 0) is 30.4 Å². The molecule has 0 saturated heterocycles. The Hall–Kier alpha value is -1.32. The van der Waals surface area contributed by atoms with E-state index in [-0.39, 0.29) is 5.56 Å². The first-order chi connectivity index (χ1) is 7.00. The molecule has 0 amide bonds. The molecule has 1 aromatic rings. The van der Waals surface area contributed by atoms with Gasteiger partial charge in [0, 0.05) is 5.56 Å². The predicted octanol–water partition coefficient (Wildman–Crippen LogP) is 2.92. The van der Waals surface area contributed by atoms with E-state index in [1.165, 1.54) is 12.1 Å². The summed E-state index contributed by atoms with van der Waals surface area (Å²) in [7, 11) is 0. The number of carbonyl (C=O) groups excluding carboxylic acids is 1. The highest BCUT2D eigenvalue weighted by molar-refractivity contribution is 6.01. The smallest absolute Gasteiger partial charge is 0.284 e. The monoisotopic (exact) mass is 214 g/mol. The number of aryl methyl sites for hydroxylation is 1. The van der Waals surface area contributed by atoms with Crippen LogP contribution in [0.4, 0.5) is 13.2 Å². The normalized spacial score (nSPS) is 15.1. The van der Waals surface area contributed by atoms with Crippen LogP contribution in [0.2, 0.25) is 0 Å². The topological polar surface area (TPSA) is 17.1 Å². The van der Waals surface area contributed by atoms with Crippen molar-refractivity contribution in [2.75, 3.05) is 0 Å². The first kappa shape index (κ1) is 10.2. The lowest BCUT2D eigenvalue weighted by molar-refractivity contribution is -0.0885. The Bertz CT molecular complexity index is 407. The fourth-order valence-corrected chi connectivity index (χ4v) is 1.99. The lowest BCUT2D eigenvalue weighted by Crippen LogP contribution is -2.23. The van der Waals surface area contributed by atoms with Crippen molar-refractivity contribution < 1.29 is 18.0 Å². The van der Waals surface area contributed by atoms with E-state index in [4.69, 9.17) is 0 Å². The Kier molecular flexibility index (Phi) is 2.29. The molecule has 0 spiro atoms. The summed E-state index contributed by atoms with van der Waals surface area (Å²) in [6.45, 7) is 0. The van der Waals surface area contributed by atoms with E-state index >= 15 is 0 Å². The van der Waals surface area contributed by atoms with Crippen LogP contribution in [-0.4, -0.2) is 12.0 Å². The zero-order chi connectivity index (χ0) is 11.1. The molecular formula is C11H9F3O. The molecule has 0 bridgehead atoms. The van der Waals surface area contributed by atoms with Crippen molar-refractivity contribution in [3.05, 3.63) is 34.9 Å². The summed E-state index contributed by atoms with van der Waals surface area (Å²) in [6, 6.07) is 4.57. The Morgan fingerprint density at radius 2 is 1.93 bits per heavy atom. The van der Waals surface area contributed by atoms with Crippen molar-refractivity contribution in [1.82, 2.24) is 0 Å². The third-order valence-corrected chi connectivity index (χ3v) is 2.65. The molecule has 1 nitrogen and oxygen atoms in total. The molecule has 0 atom stereocenters. The summed E-state index contributed by atoms with van der Waals surface area (Å²) in [5, 5.41) is 0. The van der Waals surface area contributed by atoms with Crippen molar-refractivity contribution in [2.24, 2.45) is 0 Å². The quantitative estimate of drug-likeness (QED) is 0.657. The second kappa shape index (κ2) is 3.36. The molecule has 80 valence electrons. The molecule has 0 N–H and O–H groups in total. The van der Waals surface area contributed by atoms with Gasteiger partial charge in [0.05, 0.1) is 0 Å². The van der Waals surface area contributed by atoms with Gasteiger partial charge in [-0.2, -0.15) is 13.2 Å². The summed E-state index contributed by atoms with van der Waals surface area (Å²) in [4.78, 5) is 11.1. The number of Topliss-reactive ketones (excluding diaryl/α,β-unsaturated/α-hetero) is 1. The number of halogens is 3. The molecule has 15 heavy (non-hydrogen) atoms. The Labute approximate surface area is 84.9 Å². The molecule has 0 unspecified atom stereocenters. The molecule has 2 rings (SSSR count).